The van der Waals surface area contributed by atoms with Gasteiger partial charge in [0.25, 0.3) is 0 Å². The molecule has 2 N–H and O–H groups in total. The molecule has 1 aliphatic rings. The van der Waals surface area contributed by atoms with Crippen molar-refractivity contribution in [3.63, 3.8) is 0 Å². The lowest BCUT2D eigenvalue weighted by molar-refractivity contribution is -0.137. The molecule has 80 valence electrons. The van der Waals surface area contributed by atoms with Crippen LogP contribution in [0.2, 0.25) is 0 Å². The summed E-state index contributed by atoms with van der Waals surface area (Å²) in [6.45, 7) is 6.50. The molecule has 0 aromatic rings. The van der Waals surface area contributed by atoms with Gasteiger partial charge in [-0.2, -0.15) is 0 Å². The van der Waals surface area contributed by atoms with Crippen LogP contribution in [-0.2, 0) is 4.79 Å². The summed E-state index contributed by atoms with van der Waals surface area (Å²) in [5.41, 5.74) is 5.51. The Bertz CT molecular complexity index is 217. The molecule has 1 unspecified atom stereocenters. The first-order valence-electron chi connectivity index (χ1n) is 4.98. The summed E-state index contributed by atoms with van der Waals surface area (Å²) in [6.07, 6.45) is 2.70. The highest BCUT2D eigenvalue weighted by molar-refractivity contribution is 5.79. The van der Waals surface area contributed by atoms with E-state index in [2.05, 4.69) is 11.5 Å². The summed E-state index contributed by atoms with van der Waals surface area (Å²) < 4.78 is 0. The fourth-order valence-corrected chi connectivity index (χ4v) is 1.79. The van der Waals surface area contributed by atoms with E-state index in [-0.39, 0.29) is 11.9 Å². The van der Waals surface area contributed by atoms with E-state index in [1.165, 1.54) is 0 Å². The smallest absolute Gasteiger partial charge is 0.236 e. The van der Waals surface area contributed by atoms with Gasteiger partial charge in [0, 0.05) is 26.2 Å². The van der Waals surface area contributed by atoms with Crippen molar-refractivity contribution in [2.24, 2.45) is 5.73 Å². The molecule has 0 saturated carbocycles. The number of carbonyl (C=O) groups excluding carboxylic acids is 1. The molecule has 4 heteroatoms. The van der Waals surface area contributed by atoms with E-state index >= 15 is 0 Å². The number of rotatable bonds is 4. The maximum atomic E-state index is 11.6. The molecule has 1 rings (SSSR count). The zero-order chi connectivity index (χ0) is 10.6. The normalized spacial score (nSPS) is 24.0. The minimum Gasteiger partial charge on any atom is -0.340 e. The van der Waals surface area contributed by atoms with Crippen LogP contribution in [-0.4, -0.2) is 55.0 Å². The highest BCUT2D eigenvalue weighted by Crippen LogP contribution is 2.11. The summed E-state index contributed by atoms with van der Waals surface area (Å²) >= 11 is 0. The third kappa shape index (κ3) is 2.56. The predicted molar refractivity (Wildman–Crippen MR) is 56.9 cm³/mol. The van der Waals surface area contributed by atoms with Gasteiger partial charge in [0.15, 0.2) is 0 Å². The van der Waals surface area contributed by atoms with Crippen molar-refractivity contribution >= 4 is 5.91 Å². The second kappa shape index (κ2) is 5.12. The maximum absolute atomic E-state index is 11.6. The molecule has 1 amide bonds. The molecule has 1 saturated heterocycles. The van der Waals surface area contributed by atoms with Crippen LogP contribution < -0.4 is 5.73 Å². The Hall–Kier alpha value is -0.870. The molecule has 4 nitrogen and oxygen atoms in total. The van der Waals surface area contributed by atoms with Crippen molar-refractivity contribution in [1.29, 1.82) is 0 Å². The van der Waals surface area contributed by atoms with Crippen LogP contribution in [0.5, 0.6) is 0 Å². The first-order valence-corrected chi connectivity index (χ1v) is 4.98. The average molecular weight is 197 g/mol. The van der Waals surface area contributed by atoms with E-state index in [1.54, 1.807) is 0 Å². The van der Waals surface area contributed by atoms with E-state index in [0.29, 0.717) is 13.1 Å². The third-order valence-corrected chi connectivity index (χ3v) is 2.66. The Balaban J connectivity index is 2.56. The molecule has 0 radical (unpaired) electrons. The Morgan fingerprint density at radius 1 is 1.71 bits per heavy atom. The summed E-state index contributed by atoms with van der Waals surface area (Å²) in [5, 5.41) is 0. The van der Waals surface area contributed by atoms with Crippen molar-refractivity contribution in [3.05, 3.63) is 12.7 Å². The minimum atomic E-state index is 0.177. The number of amides is 1. The Morgan fingerprint density at radius 3 is 3.00 bits per heavy atom. The van der Waals surface area contributed by atoms with Gasteiger partial charge < -0.3 is 10.6 Å². The standard InChI is InChI=1S/C10H19N3O/c1-3-6-13-7-9(4-5-11)12(2)10(14)8-13/h3,9H,1,4-8,11H2,2H3. The van der Waals surface area contributed by atoms with Crippen molar-refractivity contribution in [1.82, 2.24) is 9.80 Å². The molecule has 0 aromatic heterocycles. The van der Waals surface area contributed by atoms with Gasteiger partial charge in [-0.15, -0.1) is 6.58 Å². The van der Waals surface area contributed by atoms with E-state index in [4.69, 9.17) is 5.73 Å². The summed E-state index contributed by atoms with van der Waals surface area (Å²) in [7, 11) is 1.86. The third-order valence-electron chi connectivity index (χ3n) is 2.66. The number of hydrogen-bond acceptors (Lipinski definition) is 3. The number of carbonyl (C=O) groups is 1. The number of nitrogens with two attached hydrogens (primary N) is 1. The first kappa shape index (κ1) is 11.2. The average Bonchev–Trinajstić information content (AvgIpc) is 2.14. The molecule has 1 heterocycles. The van der Waals surface area contributed by atoms with E-state index in [1.807, 2.05) is 18.0 Å². The SMILES string of the molecule is C=CCN1CC(=O)N(C)C(CCN)C1. The summed E-state index contributed by atoms with van der Waals surface area (Å²) in [6, 6.07) is 0.265. The lowest BCUT2D eigenvalue weighted by Crippen LogP contribution is -2.55. The molecule has 0 aromatic carbocycles. The fraction of sp³-hybridized carbons (Fsp3) is 0.700. The zero-order valence-electron chi connectivity index (χ0n) is 8.78. The maximum Gasteiger partial charge on any atom is 0.236 e. The second-order valence-corrected chi connectivity index (χ2v) is 3.72. The zero-order valence-corrected chi connectivity index (χ0v) is 8.78. The van der Waals surface area contributed by atoms with Crippen LogP contribution in [0.1, 0.15) is 6.42 Å². The van der Waals surface area contributed by atoms with Gasteiger partial charge >= 0.3 is 0 Å². The fourth-order valence-electron chi connectivity index (χ4n) is 1.79. The molecule has 0 bridgehead atoms. The first-order chi connectivity index (χ1) is 6.69. The van der Waals surface area contributed by atoms with Crippen LogP contribution in [0.25, 0.3) is 0 Å². The highest BCUT2D eigenvalue weighted by atomic mass is 16.2. The van der Waals surface area contributed by atoms with E-state index in [9.17, 15) is 4.79 Å². The number of hydrogen-bond donors (Lipinski definition) is 1. The van der Waals surface area contributed by atoms with Gasteiger partial charge in [0.1, 0.15) is 0 Å². The van der Waals surface area contributed by atoms with Gasteiger partial charge in [-0.25, -0.2) is 0 Å². The second-order valence-electron chi connectivity index (χ2n) is 3.72. The lowest BCUT2D eigenvalue weighted by atomic mass is 10.1. The molecular formula is C10H19N3O. The van der Waals surface area contributed by atoms with E-state index in [0.717, 1.165) is 19.5 Å². The van der Waals surface area contributed by atoms with Gasteiger partial charge in [-0.1, -0.05) is 6.08 Å². The van der Waals surface area contributed by atoms with Crippen LogP contribution in [0.4, 0.5) is 0 Å². The van der Waals surface area contributed by atoms with Crippen molar-refractivity contribution in [2.45, 2.75) is 12.5 Å². The topological polar surface area (TPSA) is 49.6 Å². The summed E-state index contributed by atoms with van der Waals surface area (Å²) in [5.74, 6) is 0.177. The highest BCUT2D eigenvalue weighted by Gasteiger charge is 2.28. The molecule has 1 atom stereocenters. The monoisotopic (exact) mass is 197 g/mol. The van der Waals surface area contributed by atoms with Crippen LogP contribution in [0.3, 0.4) is 0 Å². The number of likely N-dealkylation sites (N-methyl/N-ethyl adjacent to an activating group) is 1. The number of piperazine rings is 1. The Morgan fingerprint density at radius 2 is 2.43 bits per heavy atom. The Kier molecular flexibility index (Phi) is 4.10. The minimum absolute atomic E-state index is 0.177. The molecule has 0 aliphatic carbocycles. The van der Waals surface area contributed by atoms with E-state index < -0.39 is 0 Å². The van der Waals surface area contributed by atoms with Crippen molar-refractivity contribution < 1.29 is 4.79 Å². The van der Waals surface area contributed by atoms with Gasteiger partial charge in [0.2, 0.25) is 5.91 Å². The molecule has 14 heavy (non-hydrogen) atoms. The van der Waals surface area contributed by atoms with Gasteiger partial charge in [-0.05, 0) is 13.0 Å². The molecule has 0 spiro atoms. The van der Waals surface area contributed by atoms with Crippen LogP contribution in [0, 0.1) is 0 Å². The van der Waals surface area contributed by atoms with Crippen LogP contribution >= 0.6 is 0 Å². The largest absolute Gasteiger partial charge is 0.340 e. The van der Waals surface area contributed by atoms with Gasteiger partial charge in [0.05, 0.1) is 6.54 Å². The predicted octanol–water partition coefficient (Wildman–Crippen LogP) is -0.336. The Labute approximate surface area is 85.3 Å². The molecular weight excluding hydrogens is 178 g/mol. The van der Waals surface area contributed by atoms with Gasteiger partial charge in [-0.3, -0.25) is 9.69 Å². The molecule has 1 fully saturated rings. The number of nitrogens with zero attached hydrogens (tertiary/aromatic N) is 2. The quantitative estimate of drug-likeness (QED) is 0.627. The van der Waals surface area contributed by atoms with Crippen molar-refractivity contribution in [2.75, 3.05) is 33.2 Å². The molecule has 1 aliphatic heterocycles. The summed E-state index contributed by atoms with van der Waals surface area (Å²) in [4.78, 5) is 15.5. The van der Waals surface area contributed by atoms with Crippen LogP contribution in [0.15, 0.2) is 12.7 Å². The lowest BCUT2D eigenvalue weighted by Gasteiger charge is -2.38. The van der Waals surface area contributed by atoms with Crippen molar-refractivity contribution in [3.8, 4) is 0 Å².